The zero-order chi connectivity index (χ0) is 24.9. The lowest BCUT2D eigenvalue weighted by Crippen LogP contribution is -2.53. The Morgan fingerprint density at radius 3 is 2.24 bits per heavy atom. The van der Waals surface area contributed by atoms with Gasteiger partial charge in [-0.3, -0.25) is 9.59 Å². The maximum Gasteiger partial charge on any atom is 0.328 e. The largest absolute Gasteiger partial charge is 0.489 e. The number of esters is 1. The molecule has 34 heavy (non-hydrogen) atoms. The smallest absolute Gasteiger partial charge is 0.328 e. The maximum atomic E-state index is 13.3. The highest BCUT2D eigenvalue weighted by Crippen LogP contribution is 2.56. The summed E-state index contributed by atoms with van der Waals surface area (Å²) in [5.74, 6) is -1.71. The van der Waals surface area contributed by atoms with Crippen LogP contribution in [0.2, 0.25) is 0 Å². The summed E-state index contributed by atoms with van der Waals surface area (Å²) in [6.45, 7) is 5.84. The van der Waals surface area contributed by atoms with Gasteiger partial charge in [0.25, 0.3) is 0 Å². The van der Waals surface area contributed by atoms with E-state index in [0.717, 1.165) is 11.1 Å². The van der Waals surface area contributed by atoms with E-state index in [9.17, 15) is 19.5 Å². The second-order valence-electron chi connectivity index (χ2n) is 9.65. The average molecular weight is 468 g/mol. The first-order chi connectivity index (χ1) is 16.1. The Labute approximate surface area is 200 Å². The molecule has 2 aromatic carbocycles. The molecule has 182 valence electrons. The van der Waals surface area contributed by atoms with Gasteiger partial charge in [0, 0.05) is 6.42 Å². The second kappa shape index (κ2) is 10.3. The molecule has 1 aliphatic carbocycles. The molecule has 2 aromatic rings. The minimum absolute atomic E-state index is 0.246. The lowest BCUT2D eigenvalue weighted by Gasteiger charge is -2.39. The number of carboxylic acid groups (broad SMARTS) is 1. The molecule has 0 aromatic heterocycles. The number of hydrogen-bond donors (Lipinski definition) is 2. The normalized spacial score (nSPS) is 21.9. The fraction of sp³-hybridized carbons (Fsp3) is 0.444. The van der Waals surface area contributed by atoms with Crippen molar-refractivity contribution in [3.05, 3.63) is 65.7 Å². The van der Waals surface area contributed by atoms with E-state index in [1.54, 1.807) is 20.8 Å². The molecule has 0 radical (unpaired) electrons. The third kappa shape index (κ3) is 5.24. The summed E-state index contributed by atoms with van der Waals surface area (Å²) in [7, 11) is 1.28. The summed E-state index contributed by atoms with van der Waals surface area (Å²) in [6, 6.07) is 16.3. The van der Waals surface area contributed by atoms with Crippen molar-refractivity contribution in [2.24, 2.45) is 16.7 Å². The molecule has 1 aliphatic rings. The van der Waals surface area contributed by atoms with Crippen molar-refractivity contribution in [3.8, 4) is 5.75 Å². The van der Waals surface area contributed by atoms with E-state index in [1.165, 1.54) is 7.11 Å². The van der Waals surface area contributed by atoms with Crippen molar-refractivity contribution in [2.45, 2.75) is 52.7 Å². The Morgan fingerprint density at radius 1 is 1.03 bits per heavy atom. The lowest BCUT2D eigenvalue weighted by molar-refractivity contribution is -0.152. The molecular formula is C27H33NO6. The highest BCUT2D eigenvalue weighted by molar-refractivity contribution is 5.90. The van der Waals surface area contributed by atoms with E-state index in [0.29, 0.717) is 25.2 Å². The van der Waals surface area contributed by atoms with Crippen molar-refractivity contribution in [2.75, 3.05) is 7.11 Å². The molecule has 7 nitrogen and oxygen atoms in total. The molecule has 0 heterocycles. The van der Waals surface area contributed by atoms with Gasteiger partial charge in [0.1, 0.15) is 18.4 Å². The molecule has 3 rings (SSSR count). The monoisotopic (exact) mass is 467 g/mol. The zero-order valence-corrected chi connectivity index (χ0v) is 20.2. The Bertz CT molecular complexity index is 1020. The van der Waals surface area contributed by atoms with Gasteiger partial charge < -0.3 is 19.9 Å². The molecule has 1 saturated carbocycles. The van der Waals surface area contributed by atoms with Crippen LogP contribution in [0, 0.1) is 16.7 Å². The van der Waals surface area contributed by atoms with Crippen molar-refractivity contribution >= 4 is 17.8 Å². The van der Waals surface area contributed by atoms with Crippen LogP contribution in [-0.4, -0.2) is 36.1 Å². The van der Waals surface area contributed by atoms with Crippen molar-refractivity contribution in [1.29, 1.82) is 0 Å². The Hall–Kier alpha value is -3.35. The van der Waals surface area contributed by atoms with Crippen LogP contribution in [0.1, 0.15) is 44.7 Å². The van der Waals surface area contributed by atoms with Crippen LogP contribution in [-0.2, 0) is 32.1 Å². The van der Waals surface area contributed by atoms with Crippen LogP contribution in [0.3, 0.4) is 0 Å². The van der Waals surface area contributed by atoms with Gasteiger partial charge in [0.05, 0.1) is 18.4 Å². The molecule has 2 N–H and O–H groups in total. The van der Waals surface area contributed by atoms with E-state index >= 15 is 0 Å². The van der Waals surface area contributed by atoms with Crippen LogP contribution in [0.5, 0.6) is 5.75 Å². The number of carbonyl (C=O) groups is 3. The average Bonchev–Trinajstić information content (AvgIpc) is 3.07. The molecule has 0 bridgehead atoms. The SMILES string of the molecule is COC(=O)C(Cc1ccc(OCc2ccccc2)cc1)NC(=O)C1(C)CCC(C(=O)O)C1(C)C. The summed E-state index contributed by atoms with van der Waals surface area (Å²) in [6.07, 6.45) is 1.10. The Morgan fingerprint density at radius 2 is 1.68 bits per heavy atom. The quantitative estimate of drug-likeness (QED) is 0.541. The van der Waals surface area contributed by atoms with Gasteiger partial charge in [-0.15, -0.1) is 0 Å². The first-order valence-corrected chi connectivity index (χ1v) is 11.5. The third-order valence-electron chi connectivity index (χ3n) is 7.43. The van der Waals surface area contributed by atoms with Gasteiger partial charge >= 0.3 is 11.9 Å². The molecule has 0 aliphatic heterocycles. The minimum Gasteiger partial charge on any atom is -0.489 e. The first kappa shape index (κ1) is 25.3. The second-order valence-corrected chi connectivity index (χ2v) is 9.65. The molecule has 0 saturated heterocycles. The Balaban J connectivity index is 1.67. The molecule has 1 fully saturated rings. The van der Waals surface area contributed by atoms with Gasteiger partial charge in [0.15, 0.2) is 0 Å². The predicted octanol–water partition coefficient (Wildman–Crippen LogP) is 3.99. The molecule has 3 atom stereocenters. The molecular weight excluding hydrogens is 434 g/mol. The third-order valence-corrected chi connectivity index (χ3v) is 7.43. The fourth-order valence-corrected chi connectivity index (χ4v) is 4.69. The van der Waals surface area contributed by atoms with Gasteiger partial charge in [0.2, 0.25) is 5.91 Å². The molecule has 3 unspecified atom stereocenters. The fourth-order valence-electron chi connectivity index (χ4n) is 4.69. The van der Waals surface area contributed by atoms with Crippen LogP contribution >= 0.6 is 0 Å². The summed E-state index contributed by atoms with van der Waals surface area (Å²) < 4.78 is 10.7. The summed E-state index contributed by atoms with van der Waals surface area (Å²) in [4.78, 5) is 37.5. The number of methoxy groups -OCH3 is 1. The molecule has 0 spiro atoms. The van der Waals surface area contributed by atoms with Gasteiger partial charge in [-0.1, -0.05) is 63.2 Å². The highest BCUT2D eigenvalue weighted by Gasteiger charge is 2.58. The molecule has 7 heteroatoms. The first-order valence-electron chi connectivity index (χ1n) is 11.5. The van der Waals surface area contributed by atoms with E-state index in [-0.39, 0.29) is 12.3 Å². The van der Waals surface area contributed by atoms with Crippen LogP contribution < -0.4 is 10.1 Å². The Kier molecular flexibility index (Phi) is 7.64. The number of nitrogens with one attached hydrogen (secondary N) is 1. The maximum absolute atomic E-state index is 13.3. The van der Waals surface area contributed by atoms with E-state index in [2.05, 4.69) is 5.32 Å². The van der Waals surface area contributed by atoms with Gasteiger partial charge in [-0.2, -0.15) is 0 Å². The van der Waals surface area contributed by atoms with Gasteiger partial charge in [-0.05, 0) is 41.5 Å². The molecule has 1 amide bonds. The summed E-state index contributed by atoms with van der Waals surface area (Å²) >= 11 is 0. The topological polar surface area (TPSA) is 102 Å². The summed E-state index contributed by atoms with van der Waals surface area (Å²) in [5.41, 5.74) is 0.217. The van der Waals surface area contributed by atoms with Crippen molar-refractivity contribution in [3.63, 3.8) is 0 Å². The number of carbonyl (C=O) groups excluding carboxylic acids is 2. The predicted molar refractivity (Wildman–Crippen MR) is 127 cm³/mol. The zero-order valence-electron chi connectivity index (χ0n) is 20.2. The van der Waals surface area contributed by atoms with Crippen LogP contribution in [0.15, 0.2) is 54.6 Å². The number of amides is 1. The van der Waals surface area contributed by atoms with Crippen molar-refractivity contribution < 1.29 is 29.0 Å². The van der Waals surface area contributed by atoms with Crippen LogP contribution in [0.4, 0.5) is 0 Å². The van der Waals surface area contributed by atoms with Crippen LogP contribution in [0.25, 0.3) is 0 Å². The van der Waals surface area contributed by atoms with E-state index in [1.807, 2.05) is 54.6 Å². The standard InChI is InChI=1S/C27H33NO6/c1-26(2)21(23(29)30)14-15-27(26,3)25(32)28-22(24(31)33-4)16-18-10-12-20(13-11-18)34-17-19-8-6-5-7-9-19/h5-13,21-22H,14-17H2,1-4H3,(H,28,32)(H,29,30). The number of aliphatic carboxylic acids is 1. The minimum atomic E-state index is -0.919. The summed E-state index contributed by atoms with van der Waals surface area (Å²) in [5, 5.41) is 12.4. The van der Waals surface area contributed by atoms with Crippen molar-refractivity contribution in [1.82, 2.24) is 5.32 Å². The number of hydrogen-bond acceptors (Lipinski definition) is 5. The number of benzene rings is 2. The number of ether oxygens (including phenoxy) is 2. The lowest BCUT2D eigenvalue weighted by atomic mass is 9.65. The van der Waals surface area contributed by atoms with E-state index < -0.39 is 34.7 Å². The van der Waals surface area contributed by atoms with Gasteiger partial charge in [-0.25, -0.2) is 4.79 Å². The highest BCUT2D eigenvalue weighted by atomic mass is 16.5. The number of carboxylic acids is 1. The number of rotatable bonds is 9. The van der Waals surface area contributed by atoms with E-state index in [4.69, 9.17) is 9.47 Å².